The van der Waals surface area contributed by atoms with Crippen molar-refractivity contribution < 1.29 is 9.59 Å². The maximum atomic E-state index is 11.3. The van der Waals surface area contributed by atoms with Crippen LogP contribution < -0.4 is 5.32 Å². The molecule has 0 saturated carbocycles. The van der Waals surface area contributed by atoms with E-state index in [2.05, 4.69) is 27.9 Å². The van der Waals surface area contributed by atoms with Gasteiger partial charge in [0.2, 0.25) is 5.91 Å². The molecule has 0 saturated heterocycles. The first-order valence-electron chi connectivity index (χ1n) is 3.99. The van der Waals surface area contributed by atoms with Crippen molar-refractivity contribution in [2.45, 2.75) is 6.92 Å². The quantitative estimate of drug-likeness (QED) is 0.431. The lowest BCUT2D eigenvalue weighted by Crippen LogP contribution is -2.11. The molecule has 0 aliphatic heterocycles. The number of rotatable bonds is 2. The number of carbonyl (C=O) groups is 2. The number of hydrogen-bond donors (Lipinski definition) is 1. The molecule has 86 valence electrons. The molecule has 0 aliphatic carbocycles. The first-order chi connectivity index (χ1) is 7.34. The Labute approximate surface area is 138 Å². The minimum Gasteiger partial charge on any atom is -0.324 e. The van der Waals surface area contributed by atoms with Gasteiger partial charge >= 0.3 is 0 Å². The Balaban J connectivity index is 3.44. The predicted octanol–water partition coefficient (Wildman–Crippen LogP) is 3.84. The second kappa shape index (κ2) is 6.14. The molecule has 3 nitrogen and oxygen atoms in total. The number of hydrogen-bond acceptors (Lipinski definition) is 2. The van der Waals surface area contributed by atoms with E-state index in [4.69, 9.17) is 11.6 Å². The summed E-state index contributed by atoms with van der Waals surface area (Å²) in [5, 5.41) is 2.18. The van der Waals surface area contributed by atoms with Gasteiger partial charge in [0.15, 0.2) is 0 Å². The van der Waals surface area contributed by atoms with E-state index in [1.54, 1.807) is 0 Å². The minimum atomic E-state index is -0.517. The van der Waals surface area contributed by atoms with E-state index in [9.17, 15) is 9.59 Å². The fourth-order valence-corrected chi connectivity index (χ4v) is 5.71. The van der Waals surface area contributed by atoms with Gasteiger partial charge in [-0.05, 0) is 85.4 Å². The number of nitrogens with one attached hydrogen (secondary N) is 1. The molecule has 1 amide bonds. The molecule has 7 heteroatoms. The maximum Gasteiger partial charge on any atom is 0.254 e. The van der Waals surface area contributed by atoms with Gasteiger partial charge in [-0.3, -0.25) is 9.59 Å². The Bertz CT molecular complexity index is 476. The fraction of sp³-hybridized carbons (Fsp3) is 0.111. The van der Waals surface area contributed by atoms with Crippen molar-refractivity contribution >= 4 is 96.2 Å². The summed E-state index contributed by atoms with van der Waals surface area (Å²) in [7, 11) is 0. The fourth-order valence-electron chi connectivity index (χ4n) is 1.06. The largest absolute Gasteiger partial charge is 0.324 e. The highest BCUT2D eigenvalue weighted by molar-refractivity contribution is 14.1. The van der Waals surface area contributed by atoms with Gasteiger partial charge in [0.1, 0.15) is 0 Å². The van der Waals surface area contributed by atoms with Crippen LogP contribution in [0.2, 0.25) is 0 Å². The van der Waals surface area contributed by atoms with E-state index in [-0.39, 0.29) is 5.91 Å². The molecule has 0 bridgehead atoms. The zero-order valence-electron chi connectivity index (χ0n) is 7.91. The van der Waals surface area contributed by atoms with Gasteiger partial charge in [0.05, 0.1) is 14.8 Å². The van der Waals surface area contributed by atoms with Gasteiger partial charge < -0.3 is 5.32 Å². The summed E-state index contributed by atoms with van der Waals surface area (Å²) in [6, 6.07) is 1.81. The second-order valence-electron chi connectivity index (χ2n) is 2.86. The Morgan fingerprint density at radius 3 is 2.25 bits per heavy atom. The molecule has 0 aliphatic rings. The molecular formula is C9H5ClI3NO2. The molecule has 16 heavy (non-hydrogen) atoms. The third kappa shape index (κ3) is 3.42. The summed E-state index contributed by atoms with van der Waals surface area (Å²) in [6.07, 6.45) is 0. The highest BCUT2D eigenvalue weighted by Crippen LogP contribution is 2.32. The summed E-state index contributed by atoms with van der Waals surface area (Å²) < 4.78 is 2.33. The highest BCUT2D eigenvalue weighted by Gasteiger charge is 2.18. The molecule has 0 spiro atoms. The van der Waals surface area contributed by atoms with E-state index in [0.29, 0.717) is 14.8 Å². The minimum absolute atomic E-state index is 0.176. The Morgan fingerprint density at radius 1 is 1.25 bits per heavy atom. The molecule has 0 unspecified atom stereocenters. The van der Waals surface area contributed by atoms with Crippen molar-refractivity contribution in [3.05, 3.63) is 22.3 Å². The first kappa shape index (κ1) is 14.9. The maximum absolute atomic E-state index is 11.3. The zero-order chi connectivity index (χ0) is 12.5. The molecule has 0 atom stereocenters. The van der Waals surface area contributed by atoms with Gasteiger partial charge in [0.25, 0.3) is 5.24 Å². The van der Waals surface area contributed by atoms with Crippen LogP contribution in [0.15, 0.2) is 6.07 Å². The number of amides is 1. The van der Waals surface area contributed by atoms with Crippen LogP contribution in [0.1, 0.15) is 17.3 Å². The van der Waals surface area contributed by atoms with Crippen LogP contribution in [0.4, 0.5) is 5.69 Å². The van der Waals surface area contributed by atoms with Crippen LogP contribution >= 0.6 is 79.4 Å². The van der Waals surface area contributed by atoms with Crippen LogP contribution in [0.5, 0.6) is 0 Å². The summed E-state index contributed by atoms with van der Waals surface area (Å²) in [4.78, 5) is 22.3. The van der Waals surface area contributed by atoms with Gasteiger partial charge in [-0.1, -0.05) is 0 Å². The number of carbonyl (C=O) groups excluding carboxylic acids is 2. The number of benzene rings is 1. The molecule has 0 radical (unpaired) electrons. The third-order valence-corrected chi connectivity index (χ3v) is 4.64. The second-order valence-corrected chi connectivity index (χ2v) is 6.61. The summed E-state index contributed by atoms with van der Waals surface area (Å²) in [5.74, 6) is -0.176. The first-order valence-corrected chi connectivity index (χ1v) is 7.61. The molecular weight excluding hydrogens is 570 g/mol. The van der Waals surface area contributed by atoms with Crippen LogP contribution in [0.25, 0.3) is 0 Å². The van der Waals surface area contributed by atoms with Crippen LogP contribution in [-0.2, 0) is 4.79 Å². The highest BCUT2D eigenvalue weighted by atomic mass is 127. The smallest absolute Gasteiger partial charge is 0.254 e. The van der Waals surface area contributed by atoms with Crippen molar-refractivity contribution in [2.75, 3.05) is 5.32 Å². The predicted molar refractivity (Wildman–Crippen MR) is 89.1 cm³/mol. The standard InChI is InChI=1S/C9H5ClI3NO2/c1-3(15)14-8-5(12)2-4(11)6(7(8)13)9(10)16/h2H,1H3,(H,14,15). The molecule has 1 N–H and O–H groups in total. The molecule has 1 aromatic rings. The van der Waals surface area contributed by atoms with Crippen molar-refractivity contribution in [3.63, 3.8) is 0 Å². The van der Waals surface area contributed by atoms with Crippen molar-refractivity contribution in [1.82, 2.24) is 0 Å². The van der Waals surface area contributed by atoms with E-state index in [1.807, 2.05) is 51.2 Å². The van der Waals surface area contributed by atoms with E-state index >= 15 is 0 Å². The van der Waals surface area contributed by atoms with Gasteiger partial charge in [0, 0.05) is 14.1 Å². The normalized spacial score (nSPS) is 10.1. The van der Waals surface area contributed by atoms with Crippen LogP contribution in [0, 0.1) is 10.7 Å². The van der Waals surface area contributed by atoms with Crippen LogP contribution in [0.3, 0.4) is 0 Å². The lowest BCUT2D eigenvalue weighted by Gasteiger charge is -2.12. The molecule has 0 heterocycles. The lowest BCUT2D eigenvalue weighted by molar-refractivity contribution is -0.114. The Morgan fingerprint density at radius 2 is 1.81 bits per heavy atom. The zero-order valence-corrected chi connectivity index (χ0v) is 15.1. The number of anilines is 1. The Hall–Kier alpha value is 0.840. The van der Waals surface area contributed by atoms with Crippen molar-refractivity contribution in [2.24, 2.45) is 0 Å². The van der Waals surface area contributed by atoms with Crippen LogP contribution in [-0.4, -0.2) is 11.1 Å². The molecule has 0 aromatic heterocycles. The monoisotopic (exact) mass is 575 g/mol. The molecule has 1 rings (SSSR count). The van der Waals surface area contributed by atoms with E-state index < -0.39 is 5.24 Å². The van der Waals surface area contributed by atoms with E-state index in [0.717, 1.165) is 7.14 Å². The summed E-state index contributed by atoms with van der Waals surface area (Å²) in [5.41, 5.74) is 1.07. The third-order valence-electron chi connectivity index (χ3n) is 1.67. The van der Waals surface area contributed by atoms with Crippen molar-refractivity contribution in [1.29, 1.82) is 0 Å². The van der Waals surface area contributed by atoms with Gasteiger partial charge in [-0.2, -0.15) is 0 Å². The van der Waals surface area contributed by atoms with Crippen molar-refractivity contribution in [3.8, 4) is 0 Å². The molecule has 0 fully saturated rings. The van der Waals surface area contributed by atoms with E-state index in [1.165, 1.54) is 6.92 Å². The average Bonchev–Trinajstić information content (AvgIpc) is 2.10. The SMILES string of the molecule is CC(=O)Nc1c(I)cc(I)c(C(=O)Cl)c1I. The molecule has 1 aromatic carbocycles. The van der Waals surface area contributed by atoms with Gasteiger partial charge in [-0.15, -0.1) is 0 Å². The average molecular weight is 575 g/mol. The topological polar surface area (TPSA) is 46.2 Å². The summed E-state index contributed by atoms with van der Waals surface area (Å²) in [6.45, 7) is 1.42. The lowest BCUT2D eigenvalue weighted by atomic mass is 10.2. The van der Waals surface area contributed by atoms with Gasteiger partial charge in [-0.25, -0.2) is 0 Å². The Kier molecular flexibility index (Phi) is 5.72. The summed E-state index contributed by atoms with van der Waals surface area (Å²) >= 11 is 11.7. The number of halogens is 4.